The number of carbonyl (C=O) groups is 1. The van der Waals surface area contributed by atoms with Gasteiger partial charge in [0.15, 0.2) is 5.16 Å². The number of thioether (sulfide) groups is 1. The molecule has 0 unspecified atom stereocenters. The number of nitrogens with zero attached hydrogens (tertiary/aromatic N) is 3. The van der Waals surface area contributed by atoms with Crippen LogP contribution in [0, 0.1) is 0 Å². The number of hydrogen-bond acceptors (Lipinski definition) is 4. The van der Waals surface area contributed by atoms with E-state index in [4.69, 9.17) is 0 Å². The molecule has 1 saturated heterocycles. The highest BCUT2D eigenvalue weighted by Crippen LogP contribution is 2.21. The molecule has 5 heteroatoms. The standard InChI is InChI=1S/C13H19N3OS/c1-11(18-13-14-7-6-8-15-13)12(17)16-9-4-2-3-5-10-16/h6-8,11H,2-5,9-10H2,1H3/t11-/m0/s1. The first-order chi connectivity index (χ1) is 8.77. The molecule has 1 aliphatic heterocycles. The van der Waals surface area contributed by atoms with E-state index >= 15 is 0 Å². The molecule has 1 fully saturated rings. The summed E-state index contributed by atoms with van der Waals surface area (Å²) in [6, 6.07) is 1.78. The number of rotatable bonds is 3. The first kappa shape index (κ1) is 13.3. The van der Waals surface area contributed by atoms with E-state index < -0.39 is 0 Å². The Morgan fingerprint density at radius 2 is 1.83 bits per heavy atom. The topological polar surface area (TPSA) is 46.1 Å². The molecule has 1 aromatic rings. The molecule has 0 aliphatic carbocycles. The van der Waals surface area contributed by atoms with Gasteiger partial charge >= 0.3 is 0 Å². The van der Waals surface area contributed by atoms with Crippen molar-refractivity contribution < 1.29 is 4.79 Å². The Balaban J connectivity index is 1.91. The maximum absolute atomic E-state index is 12.3. The number of likely N-dealkylation sites (tertiary alicyclic amines) is 1. The third-order valence-corrected chi connectivity index (χ3v) is 4.07. The highest BCUT2D eigenvalue weighted by atomic mass is 32.2. The van der Waals surface area contributed by atoms with Crippen LogP contribution in [0.1, 0.15) is 32.6 Å². The smallest absolute Gasteiger partial charge is 0.235 e. The predicted octanol–water partition coefficient (Wildman–Crippen LogP) is 2.36. The fraction of sp³-hybridized carbons (Fsp3) is 0.615. The quantitative estimate of drug-likeness (QED) is 0.622. The Morgan fingerprint density at radius 1 is 1.22 bits per heavy atom. The summed E-state index contributed by atoms with van der Waals surface area (Å²) in [6.07, 6.45) is 8.16. The van der Waals surface area contributed by atoms with Crippen LogP contribution in [0.3, 0.4) is 0 Å². The minimum Gasteiger partial charge on any atom is -0.342 e. The molecular weight excluding hydrogens is 246 g/mol. The minimum atomic E-state index is -0.106. The van der Waals surface area contributed by atoms with Gasteiger partial charge in [-0.15, -0.1) is 0 Å². The Hall–Kier alpha value is -1.10. The molecule has 0 radical (unpaired) electrons. The fourth-order valence-corrected chi connectivity index (χ4v) is 2.91. The molecule has 0 aromatic carbocycles. The van der Waals surface area contributed by atoms with E-state index in [-0.39, 0.29) is 11.2 Å². The normalized spacial score (nSPS) is 18.2. The van der Waals surface area contributed by atoms with Crippen molar-refractivity contribution in [3.63, 3.8) is 0 Å². The van der Waals surface area contributed by atoms with Gasteiger partial charge in [0.05, 0.1) is 5.25 Å². The zero-order chi connectivity index (χ0) is 12.8. The van der Waals surface area contributed by atoms with Crippen LogP contribution in [0.2, 0.25) is 0 Å². The third kappa shape index (κ3) is 3.70. The SMILES string of the molecule is C[C@H](Sc1ncccn1)C(=O)N1CCCCCC1. The Labute approximate surface area is 112 Å². The molecule has 2 rings (SSSR count). The van der Waals surface area contributed by atoms with Crippen molar-refractivity contribution in [3.05, 3.63) is 18.5 Å². The molecule has 1 aromatic heterocycles. The van der Waals surface area contributed by atoms with Crippen molar-refractivity contribution in [2.24, 2.45) is 0 Å². The van der Waals surface area contributed by atoms with Crippen molar-refractivity contribution in [1.82, 2.24) is 14.9 Å². The zero-order valence-corrected chi connectivity index (χ0v) is 11.5. The molecule has 1 amide bonds. The maximum atomic E-state index is 12.3. The molecule has 2 heterocycles. The van der Waals surface area contributed by atoms with E-state index in [0.29, 0.717) is 5.16 Å². The zero-order valence-electron chi connectivity index (χ0n) is 10.7. The lowest BCUT2D eigenvalue weighted by Gasteiger charge is -2.23. The van der Waals surface area contributed by atoms with Crippen LogP contribution in [0.4, 0.5) is 0 Å². The van der Waals surface area contributed by atoms with Gasteiger partial charge in [-0.2, -0.15) is 0 Å². The highest BCUT2D eigenvalue weighted by Gasteiger charge is 2.22. The molecule has 1 aliphatic rings. The van der Waals surface area contributed by atoms with Crippen molar-refractivity contribution in [3.8, 4) is 0 Å². The van der Waals surface area contributed by atoms with E-state index in [0.717, 1.165) is 25.9 Å². The van der Waals surface area contributed by atoms with Gasteiger partial charge in [-0.25, -0.2) is 9.97 Å². The molecule has 1 atom stereocenters. The van der Waals surface area contributed by atoms with Crippen LogP contribution in [-0.4, -0.2) is 39.1 Å². The second-order valence-corrected chi connectivity index (χ2v) is 5.84. The van der Waals surface area contributed by atoms with Crippen LogP contribution in [0.25, 0.3) is 0 Å². The Bertz CT molecular complexity index is 377. The summed E-state index contributed by atoms with van der Waals surface area (Å²) in [5.41, 5.74) is 0. The summed E-state index contributed by atoms with van der Waals surface area (Å²) in [7, 11) is 0. The average Bonchev–Trinajstić information content (AvgIpc) is 2.68. The van der Waals surface area contributed by atoms with Gasteiger partial charge < -0.3 is 4.90 Å². The van der Waals surface area contributed by atoms with Gasteiger partial charge in [0, 0.05) is 25.5 Å². The summed E-state index contributed by atoms with van der Waals surface area (Å²) in [5, 5.41) is 0.568. The van der Waals surface area contributed by atoms with E-state index in [1.54, 1.807) is 18.5 Å². The summed E-state index contributed by atoms with van der Waals surface area (Å²) < 4.78 is 0. The van der Waals surface area contributed by atoms with Gasteiger partial charge in [-0.3, -0.25) is 4.79 Å². The molecule has 98 valence electrons. The third-order valence-electron chi connectivity index (χ3n) is 3.09. The van der Waals surface area contributed by atoms with Gasteiger partial charge in [0.25, 0.3) is 0 Å². The van der Waals surface area contributed by atoms with Gasteiger partial charge in [0.2, 0.25) is 5.91 Å². The molecular formula is C13H19N3OS. The number of carbonyl (C=O) groups excluding carboxylic acids is 1. The second-order valence-electron chi connectivity index (χ2n) is 4.53. The number of aromatic nitrogens is 2. The minimum absolute atomic E-state index is 0.106. The Morgan fingerprint density at radius 3 is 2.44 bits per heavy atom. The van der Waals surface area contributed by atoms with Crippen molar-refractivity contribution >= 4 is 17.7 Å². The molecule has 0 N–H and O–H groups in total. The summed E-state index contributed by atoms with van der Waals surface area (Å²) >= 11 is 1.44. The van der Waals surface area contributed by atoms with Crippen molar-refractivity contribution in [1.29, 1.82) is 0 Å². The Kier molecular flexibility index (Phi) is 4.99. The molecule has 0 bridgehead atoms. The van der Waals surface area contributed by atoms with Crippen molar-refractivity contribution in [2.75, 3.05) is 13.1 Å². The van der Waals surface area contributed by atoms with Gasteiger partial charge in [-0.1, -0.05) is 24.6 Å². The van der Waals surface area contributed by atoms with Crippen molar-refractivity contribution in [2.45, 2.75) is 43.0 Å². The van der Waals surface area contributed by atoms with Crippen LogP contribution >= 0.6 is 11.8 Å². The largest absolute Gasteiger partial charge is 0.342 e. The lowest BCUT2D eigenvalue weighted by atomic mass is 10.2. The van der Waals surface area contributed by atoms with E-state index in [2.05, 4.69) is 9.97 Å². The first-order valence-corrected chi connectivity index (χ1v) is 7.38. The van der Waals surface area contributed by atoms with Gasteiger partial charge in [-0.05, 0) is 25.8 Å². The highest BCUT2D eigenvalue weighted by molar-refractivity contribution is 8.00. The first-order valence-electron chi connectivity index (χ1n) is 6.50. The monoisotopic (exact) mass is 265 g/mol. The van der Waals surface area contributed by atoms with Gasteiger partial charge in [0.1, 0.15) is 0 Å². The average molecular weight is 265 g/mol. The lowest BCUT2D eigenvalue weighted by molar-refractivity contribution is -0.130. The molecule has 18 heavy (non-hydrogen) atoms. The lowest BCUT2D eigenvalue weighted by Crippen LogP contribution is -2.37. The van der Waals surface area contributed by atoms with Crippen LogP contribution in [0.5, 0.6) is 0 Å². The summed E-state index contributed by atoms with van der Waals surface area (Å²) in [6.45, 7) is 3.74. The van der Waals surface area contributed by atoms with Crippen LogP contribution in [0.15, 0.2) is 23.6 Å². The number of amides is 1. The second kappa shape index (κ2) is 6.73. The fourth-order valence-electron chi connectivity index (χ4n) is 2.10. The molecule has 0 saturated carbocycles. The number of hydrogen-bond donors (Lipinski definition) is 0. The van der Waals surface area contributed by atoms with Crippen LogP contribution < -0.4 is 0 Å². The van der Waals surface area contributed by atoms with E-state index in [1.807, 2.05) is 11.8 Å². The maximum Gasteiger partial charge on any atom is 0.235 e. The summed E-state index contributed by atoms with van der Waals surface area (Å²) in [4.78, 5) is 22.6. The summed E-state index contributed by atoms with van der Waals surface area (Å²) in [5.74, 6) is 0.217. The van der Waals surface area contributed by atoms with E-state index in [9.17, 15) is 4.79 Å². The molecule has 0 spiro atoms. The molecule has 4 nitrogen and oxygen atoms in total. The van der Waals surface area contributed by atoms with E-state index in [1.165, 1.54) is 24.6 Å². The van der Waals surface area contributed by atoms with Crippen LogP contribution in [-0.2, 0) is 4.79 Å². The predicted molar refractivity (Wildman–Crippen MR) is 72.4 cm³/mol.